The monoisotopic (exact) mass is 1170 g/mol. The molecule has 0 saturated carbocycles. The molecule has 0 heterocycles. The molecule has 0 radical (unpaired) electrons. The van der Waals surface area contributed by atoms with Crippen LogP contribution in [0.15, 0.2) is 48.5 Å². The van der Waals surface area contributed by atoms with Gasteiger partial charge in [-0.05, 0) is 63.8 Å². The van der Waals surface area contributed by atoms with E-state index in [-0.39, 0.29) is 86.0 Å². The molecule has 2 aromatic rings. The molecule has 0 amide bonds. The van der Waals surface area contributed by atoms with Crippen LogP contribution in [0.1, 0.15) is 300 Å². The van der Waals surface area contributed by atoms with E-state index in [1.165, 1.54) is 218 Å². The second-order valence-electron chi connectivity index (χ2n) is 21.1. The Balaban J connectivity index is 0.00000152. The zero-order chi connectivity index (χ0) is 57.5. The van der Waals surface area contributed by atoms with Gasteiger partial charge in [0.05, 0.1) is 68.9 Å². The summed E-state index contributed by atoms with van der Waals surface area (Å²) in [6, 6.07) is 12.4. The van der Waals surface area contributed by atoms with Crippen LogP contribution in [-0.4, -0.2) is 124 Å². The van der Waals surface area contributed by atoms with Crippen molar-refractivity contribution in [2.75, 3.05) is 26.4 Å². The van der Waals surface area contributed by atoms with Crippen molar-refractivity contribution in [3.63, 3.8) is 0 Å². The largest absolute Gasteiger partial charge is 2.00 e. The third kappa shape index (κ3) is 41.1. The van der Waals surface area contributed by atoms with Crippen molar-refractivity contribution in [2.24, 2.45) is 0 Å². The van der Waals surface area contributed by atoms with Crippen LogP contribution < -0.4 is 0 Å². The van der Waals surface area contributed by atoms with Crippen LogP contribution in [0.2, 0.25) is 0 Å². The first-order chi connectivity index (χ1) is 37.5. The Hall–Kier alpha value is -2.60. The van der Waals surface area contributed by atoms with Crippen LogP contribution in [-0.2, 0) is 39.2 Å². The predicted molar refractivity (Wildman–Crippen MR) is 316 cm³/mol. The first kappa shape index (κ1) is 76.4. The van der Waals surface area contributed by atoms with Gasteiger partial charge in [0.25, 0.3) is 0 Å². The summed E-state index contributed by atoms with van der Waals surface area (Å²) >= 11 is 0. The summed E-state index contributed by atoms with van der Waals surface area (Å²) in [7, 11) is -8.87. The van der Waals surface area contributed by atoms with Crippen molar-refractivity contribution in [1.82, 2.24) is 0 Å². The van der Waals surface area contributed by atoms with Gasteiger partial charge in [-0.1, -0.05) is 244 Å². The Morgan fingerprint density at radius 2 is 0.519 bits per heavy atom. The molecule has 0 aliphatic rings. The van der Waals surface area contributed by atoms with Crippen molar-refractivity contribution in [2.45, 2.75) is 269 Å². The molecule has 79 heavy (non-hydrogen) atoms. The Morgan fingerprint density at radius 3 is 0.709 bits per heavy atom. The Bertz CT molecular complexity index is 1950. The van der Waals surface area contributed by atoms with Crippen LogP contribution in [0, 0.1) is 0 Å². The third-order valence-electron chi connectivity index (χ3n) is 14.2. The van der Waals surface area contributed by atoms with Crippen molar-refractivity contribution in [3.05, 3.63) is 70.8 Å². The molecule has 2 unspecified atom stereocenters. The fourth-order valence-corrected chi connectivity index (χ4v) is 9.67. The molecule has 0 fully saturated rings. The molecule has 17 heteroatoms. The molecular formula is C62H102CaO14S2. The first-order valence-electron chi connectivity index (χ1n) is 30.3. The molecule has 2 aromatic carbocycles. The zero-order valence-electron chi connectivity index (χ0n) is 49.3. The van der Waals surface area contributed by atoms with Crippen molar-refractivity contribution >= 4 is 81.9 Å². The van der Waals surface area contributed by atoms with Gasteiger partial charge in [0.2, 0.25) is 0 Å². The summed E-state index contributed by atoms with van der Waals surface area (Å²) in [5, 5.41) is -2.31. The van der Waals surface area contributed by atoms with E-state index in [0.717, 1.165) is 38.5 Å². The van der Waals surface area contributed by atoms with Crippen LogP contribution in [0.4, 0.5) is 0 Å². The van der Waals surface area contributed by atoms with Gasteiger partial charge in [-0.25, -0.2) is 36.0 Å². The number of hydrogen-bond donors (Lipinski definition) is 0. The SMILES string of the molecule is CCCCCCCCCCCCCCCCCCCOC(=O)c1ccccc1C(=O)OCCC(C)S(=O)(=O)[O-].CCCCCCCCCCCCCCCCCCCOC(=O)c1ccccc1C(=O)OCCC(C)S(=O)(=O)[O-].[Ca+2]. The van der Waals surface area contributed by atoms with Gasteiger partial charge in [-0.3, -0.25) is 0 Å². The molecule has 0 spiro atoms. The predicted octanol–water partition coefficient (Wildman–Crippen LogP) is 15.6. The van der Waals surface area contributed by atoms with Crippen LogP contribution in [0.25, 0.3) is 0 Å². The fourth-order valence-electron chi connectivity index (χ4n) is 8.90. The van der Waals surface area contributed by atoms with Crippen molar-refractivity contribution < 1.29 is 64.1 Å². The number of carbonyl (C=O) groups excluding carboxylic acids is 4. The maximum Gasteiger partial charge on any atom is 2.00 e. The summed E-state index contributed by atoms with van der Waals surface area (Å²) < 4.78 is 86.7. The van der Waals surface area contributed by atoms with Gasteiger partial charge < -0.3 is 28.1 Å². The fraction of sp³-hybridized carbons (Fsp3) is 0.742. The molecule has 2 atom stereocenters. The molecule has 0 N–H and O–H groups in total. The first-order valence-corrected chi connectivity index (χ1v) is 33.2. The second kappa shape index (κ2) is 50.0. The number of esters is 4. The Morgan fingerprint density at radius 1 is 0.342 bits per heavy atom. The van der Waals surface area contributed by atoms with E-state index in [2.05, 4.69) is 13.8 Å². The van der Waals surface area contributed by atoms with E-state index in [0.29, 0.717) is 13.2 Å². The zero-order valence-corrected chi connectivity index (χ0v) is 53.1. The number of carbonyl (C=O) groups is 4. The molecule has 0 saturated heterocycles. The minimum Gasteiger partial charge on any atom is -0.748 e. The van der Waals surface area contributed by atoms with Crippen LogP contribution in [0.5, 0.6) is 0 Å². The van der Waals surface area contributed by atoms with Gasteiger partial charge in [-0.2, -0.15) is 0 Å². The quantitative estimate of drug-likeness (QED) is 0.0198. The van der Waals surface area contributed by atoms with Gasteiger partial charge >= 0.3 is 61.6 Å². The average molecular weight is 1180 g/mol. The third-order valence-corrected chi connectivity index (χ3v) is 16.6. The summed E-state index contributed by atoms with van der Waals surface area (Å²) in [6.07, 6.45) is 43.3. The number of unbranched alkanes of at least 4 members (excludes halogenated alkanes) is 32. The Labute approximate surface area is 508 Å². The summed E-state index contributed by atoms with van der Waals surface area (Å²) in [6.45, 7) is 7.17. The van der Waals surface area contributed by atoms with Gasteiger partial charge in [0, 0.05) is 10.5 Å². The molecule has 0 aliphatic heterocycles. The minimum atomic E-state index is -4.43. The summed E-state index contributed by atoms with van der Waals surface area (Å²) in [4.78, 5) is 49.8. The summed E-state index contributed by atoms with van der Waals surface area (Å²) in [5.74, 6) is -2.68. The van der Waals surface area contributed by atoms with Crippen molar-refractivity contribution in [1.29, 1.82) is 0 Å². The van der Waals surface area contributed by atoms with E-state index in [9.17, 15) is 45.1 Å². The standard InChI is InChI=1S/2C31H52O7S.Ca/c2*1-3-4-5-6-7-8-9-10-11-12-13-14-15-16-17-18-21-25-37-30(32)28-22-19-20-23-29(28)31(33)38-26-24-27(2)39(34,35)36;/h2*19-20,22-23,27H,3-18,21,24-26H2,1-2H3,(H,34,35,36);/q;;+2/p-2. The molecule has 0 aromatic heterocycles. The summed E-state index contributed by atoms with van der Waals surface area (Å²) in [5.41, 5.74) is 0.336. The smallest absolute Gasteiger partial charge is 0.748 e. The molecule has 0 aliphatic carbocycles. The second-order valence-corrected chi connectivity index (χ2v) is 24.7. The maximum atomic E-state index is 12.5. The number of rotatable bonds is 48. The Kier molecular flexibility index (Phi) is 48.3. The van der Waals surface area contributed by atoms with E-state index in [4.69, 9.17) is 18.9 Å². The van der Waals surface area contributed by atoms with E-state index >= 15 is 0 Å². The number of ether oxygens (including phenoxy) is 4. The molecule has 0 bridgehead atoms. The molecular weight excluding hydrogens is 1070 g/mol. The molecule has 448 valence electrons. The topological polar surface area (TPSA) is 220 Å². The van der Waals surface area contributed by atoms with Gasteiger partial charge in [0.1, 0.15) is 0 Å². The van der Waals surface area contributed by atoms with Gasteiger partial charge in [-0.15, -0.1) is 0 Å². The maximum absolute atomic E-state index is 12.5. The normalized spacial score (nSPS) is 12.1. The number of benzene rings is 2. The van der Waals surface area contributed by atoms with E-state index in [1.807, 2.05) is 0 Å². The van der Waals surface area contributed by atoms with Crippen molar-refractivity contribution in [3.8, 4) is 0 Å². The van der Waals surface area contributed by atoms with E-state index in [1.54, 1.807) is 24.3 Å². The van der Waals surface area contributed by atoms with Crippen LogP contribution >= 0.6 is 0 Å². The number of hydrogen-bond acceptors (Lipinski definition) is 14. The molecule has 14 nitrogen and oxygen atoms in total. The van der Waals surface area contributed by atoms with Gasteiger partial charge in [0.15, 0.2) is 0 Å². The van der Waals surface area contributed by atoms with Crippen LogP contribution in [0.3, 0.4) is 0 Å². The average Bonchev–Trinajstić information content (AvgIpc) is 3.43. The molecule has 2 rings (SSSR count). The van der Waals surface area contributed by atoms with E-state index < -0.39 is 54.6 Å². The minimum absolute atomic E-state index is 0.